The number of rotatable bonds is 7. The van der Waals surface area contributed by atoms with Gasteiger partial charge in [-0.3, -0.25) is 4.79 Å². The summed E-state index contributed by atoms with van der Waals surface area (Å²) in [5.41, 5.74) is 4.91. The van der Waals surface area contributed by atoms with Crippen LogP contribution in [-0.2, 0) is 14.3 Å². The van der Waals surface area contributed by atoms with Crippen LogP contribution in [0.2, 0.25) is 0 Å². The molecular formula is C25H34N2O3S. The fourth-order valence-corrected chi connectivity index (χ4v) is 4.91. The number of hydrogen-bond acceptors (Lipinski definition) is 6. The van der Waals surface area contributed by atoms with E-state index >= 15 is 0 Å². The Morgan fingerprint density at radius 3 is 2.52 bits per heavy atom. The number of hydrogen-bond donors (Lipinski definition) is 1. The Hall–Kier alpha value is -2.21. The topological polar surface area (TPSA) is 58.6 Å². The number of esters is 1. The van der Waals surface area contributed by atoms with Gasteiger partial charge in [0, 0.05) is 54.8 Å². The van der Waals surface area contributed by atoms with E-state index < -0.39 is 5.92 Å². The van der Waals surface area contributed by atoms with Gasteiger partial charge in [0.1, 0.15) is 6.61 Å². The molecule has 1 aliphatic carbocycles. The quantitative estimate of drug-likeness (QED) is 0.490. The molecule has 1 N–H and O–H groups in total. The maximum absolute atomic E-state index is 13.3. The Morgan fingerprint density at radius 2 is 1.90 bits per heavy atom. The summed E-state index contributed by atoms with van der Waals surface area (Å²) >= 11 is 1.74. The number of nitrogens with one attached hydrogen (secondary N) is 1. The average Bonchev–Trinajstić information content (AvgIpc) is 2.69. The minimum Gasteiger partial charge on any atom is -0.461 e. The van der Waals surface area contributed by atoms with Crippen molar-refractivity contribution >= 4 is 29.2 Å². The zero-order valence-corrected chi connectivity index (χ0v) is 20.3. The first-order chi connectivity index (χ1) is 14.6. The minimum atomic E-state index is -0.401. The number of ether oxygens (including phenoxy) is 1. The maximum atomic E-state index is 13.3. The molecule has 0 saturated carbocycles. The predicted molar refractivity (Wildman–Crippen MR) is 128 cm³/mol. The molecule has 0 saturated heterocycles. The number of anilines is 1. The third-order valence-corrected chi connectivity index (χ3v) is 6.73. The van der Waals surface area contributed by atoms with Gasteiger partial charge in [0.2, 0.25) is 0 Å². The lowest BCUT2D eigenvalue weighted by Gasteiger charge is -2.39. The lowest BCUT2D eigenvalue weighted by Crippen LogP contribution is -2.38. The van der Waals surface area contributed by atoms with Crippen molar-refractivity contribution < 1.29 is 14.3 Å². The number of carbonyl (C=O) groups is 2. The molecule has 0 spiro atoms. The number of Topliss-reactive ketones (excluding diaryl/α,β-unsaturated/α-hetero) is 1. The van der Waals surface area contributed by atoms with Gasteiger partial charge in [-0.1, -0.05) is 32.9 Å². The Kier molecular flexibility index (Phi) is 7.20. The molecule has 1 aromatic carbocycles. The van der Waals surface area contributed by atoms with Gasteiger partial charge in [0.05, 0.1) is 5.57 Å². The highest BCUT2D eigenvalue weighted by Crippen LogP contribution is 2.46. The Balaban J connectivity index is 2.02. The third kappa shape index (κ3) is 5.17. The van der Waals surface area contributed by atoms with E-state index in [1.807, 2.05) is 50.2 Å². The summed E-state index contributed by atoms with van der Waals surface area (Å²) in [5.74, 6) is 1.13. The molecule has 0 bridgehead atoms. The Labute approximate surface area is 190 Å². The van der Waals surface area contributed by atoms with Gasteiger partial charge in [-0.15, -0.1) is 0 Å². The highest BCUT2D eigenvalue weighted by Gasteiger charge is 2.43. The molecule has 31 heavy (non-hydrogen) atoms. The second kappa shape index (κ2) is 9.51. The van der Waals surface area contributed by atoms with Crippen LogP contribution in [0.4, 0.5) is 5.69 Å². The number of allylic oxidation sites excluding steroid dienone is 3. The number of benzene rings is 1. The number of ketones is 1. The Bertz CT molecular complexity index is 913. The summed E-state index contributed by atoms with van der Waals surface area (Å²) in [6, 6.07) is 8.11. The molecule has 1 unspecified atom stereocenters. The van der Waals surface area contributed by atoms with Crippen molar-refractivity contribution in [1.82, 2.24) is 5.32 Å². The highest BCUT2D eigenvalue weighted by atomic mass is 32.2. The van der Waals surface area contributed by atoms with E-state index in [-0.39, 0.29) is 17.2 Å². The average molecular weight is 443 g/mol. The van der Waals surface area contributed by atoms with Crippen LogP contribution in [0.1, 0.15) is 52.0 Å². The van der Waals surface area contributed by atoms with E-state index in [2.05, 4.69) is 26.1 Å². The molecule has 0 aromatic heterocycles. The van der Waals surface area contributed by atoms with Crippen molar-refractivity contribution in [2.45, 2.75) is 46.5 Å². The fourth-order valence-electron chi connectivity index (χ4n) is 4.42. The molecule has 1 atom stereocenters. The van der Waals surface area contributed by atoms with Gasteiger partial charge in [0.25, 0.3) is 0 Å². The van der Waals surface area contributed by atoms with Crippen molar-refractivity contribution in [2.75, 3.05) is 37.1 Å². The zero-order chi connectivity index (χ0) is 22.8. The van der Waals surface area contributed by atoms with E-state index in [0.717, 1.165) is 46.1 Å². The molecule has 0 amide bonds. The molecule has 168 valence electrons. The first-order valence-electron chi connectivity index (χ1n) is 10.9. The normalized spacial score (nSPS) is 20.3. The van der Waals surface area contributed by atoms with Gasteiger partial charge in [-0.2, -0.15) is 11.8 Å². The summed E-state index contributed by atoms with van der Waals surface area (Å²) in [5, 5.41) is 3.39. The van der Waals surface area contributed by atoms with Gasteiger partial charge in [-0.05, 0) is 42.2 Å². The minimum absolute atomic E-state index is 0.0993. The van der Waals surface area contributed by atoms with Crippen LogP contribution in [0.25, 0.3) is 0 Å². The van der Waals surface area contributed by atoms with E-state index in [9.17, 15) is 9.59 Å². The van der Waals surface area contributed by atoms with E-state index in [4.69, 9.17) is 4.74 Å². The molecule has 0 fully saturated rings. The van der Waals surface area contributed by atoms with Crippen molar-refractivity contribution in [1.29, 1.82) is 0 Å². The van der Waals surface area contributed by atoms with E-state index in [1.54, 1.807) is 11.8 Å². The molecular weight excluding hydrogens is 408 g/mol. The number of nitrogens with zero attached hydrogens (tertiary/aromatic N) is 1. The van der Waals surface area contributed by atoms with E-state index in [0.29, 0.717) is 18.6 Å². The molecule has 1 aliphatic heterocycles. The summed E-state index contributed by atoms with van der Waals surface area (Å²) in [4.78, 5) is 28.5. The fraction of sp³-hybridized carbons (Fsp3) is 0.520. The predicted octanol–water partition coefficient (Wildman–Crippen LogP) is 4.65. The largest absolute Gasteiger partial charge is 0.461 e. The Morgan fingerprint density at radius 1 is 1.23 bits per heavy atom. The summed E-state index contributed by atoms with van der Waals surface area (Å²) < 4.78 is 5.62. The molecule has 6 heteroatoms. The molecule has 3 rings (SSSR count). The van der Waals surface area contributed by atoms with Gasteiger partial charge in [0.15, 0.2) is 5.78 Å². The van der Waals surface area contributed by atoms with Crippen LogP contribution in [0.3, 0.4) is 0 Å². The molecule has 2 aliphatic rings. The second-order valence-corrected chi connectivity index (χ2v) is 10.6. The van der Waals surface area contributed by atoms with Crippen LogP contribution in [0, 0.1) is 5.41 Å². The lowest BCUT2D eigenvalue weighted by atomic mass is 9.68. The van der Waals surface area contributed by atoms with Crippen molar-refractivity contribution in [3.8, 4) is 0 Å². The van der Waals surface area contributed by atoms with Gasteiger partial charge >= 0.3 is 5.97 Å². The number of carbonyl (C=O) groups excluding carboxylic acids is 2. The summed E-state index contributed by atoms with van der Waals surface area (Å²) in [6.07, 6.45) is 1.27. The lowest BCUT2D eigenvalue weighted by molar-refractivity contribution is -0.138. The monoisotopic (exact) mass is 442 g/mol. The molecule has 1 aromatic rings. The number of dihydropyridines is 1. The van der Waals surface area contributed by atoms with Crippen molar-refractivity contribution in [2.24, 2.45) is 5.41 Å². The maximum Gasteiger partial charge on any atom is 0.336 e. The van der Waals surface area contributed by atoms with Crippen LogP contribution in [0.5, 0.6) is 0 Å². The first-order valence-corrected chi connectivity index (χ1v) is 12.1. The van der Waals surface area contributed by atoms with E-state index in [1.165, 1.54) is 0 Å². The van der Waals surface area contributed by atoms with Gasteiger partial charge in [-0.25, -0.2) is 4.79 Å². The molecule has 5 nitrogen and oxygen atoms in total. The van der Waals surface area contributed by atoms with Crippen molar-refractivity contribution in [3.05, 3.63) is 52.4 Å². The SMILES string of the molecule is CCSCCOC(=O)C1=C(C)NC2=C(C(=O)CC(C)(C)C2)C1c1ccc(N(C)C)cc1. The first kappa shape index (κ1) is 23.5. The highest BCUT2D eigenvalue weighted by molar-refractivity contribution is 7.99. The smallest absolute Gasteiger partial charge is 0.336 e. The number of thioether (sulfide) groups is 1. The molecule has 1 heterocycles. The second-order valence-electron chi connectivity index (χ2n) is 9.25. The van der Waals surface area contributed by atoms with Crippen LogP contribution < -0.4 is 10.2 Å². The van der Waals surface area contributed by atoms with Crippen LogP contribution >= 0.6 is 11.8 Å². The summed E-state index contributed by atoms with van der Waals surface area (Å²) in [7, 11) is 3.99. The van der Waals surface area contributed by atoms with Crippen LogP contribution in [-0.4, -0.2) is 44.0 Å². The zero-order valence-electron chi connectivity index (χ0n) is 19.5. The van der Waals surface area contributed by atoms with Gasteiger partial charge < -0.3 is 15.0 Å². The third-order valence-electron chi connectivity index (χ3n) is 5.87. The van der Waals surface area contributed by atoms with Crippen LogP contribution in [0.15, 0.2) is 46.8 Å². The summed E-state index contributed by atoms with van der Waals surface area (Å²) in [6.45, 7) is 8.60. The van der Waals surface area contributed by atoms with Crippen molar-refractivity contribution in [3.63, 3.8) is 0 Å². The standard InChI is InChI=1S/C25H34N2O3S/c1-7-31-13-12-30-24(29)21-16(2)26-19-14-25(3,4)15-20(28)23(19)22(21)17-8-10-18(11-9-17)27(5)6/h8-11,22,26H,7,12-15H2,1-6H3. The molecule has 0 radical (unpaired) electrons.